The molecule has 4 heteroatoms. The summed E-state index contributed by atoms with van der Waals surface area (Å²) in [5.41, 5.74) is 4.19. The number of benzene rings is 1. The van der Waals surface area contributed by atoms with E-state index in [-0.39, 0.29) is 0 Å². The Morgan fingerprint density at radius 3 is 2.56 bits per heavy atom. The zero-order valence-electron chi connectivity index (χ0n) is 9.56. The van der Waals surface area contributed by atoms with E-state index in [1.165, 1.54) is 0 Å². The van der Waals surface area contributed by atoms with Crippen molar-refractivity contribution in [1.82, 2.24) is 5.43 Å². The number of hydrazone groups is 1. The Morgan fingerprint density at radius 1 is 1.31 bits per heavy atom. The van der Waals surface area contributed by atoms with E-state index in [4.69, 9.17) is 4.74 Å². The van der Waals surface area contributed by atoms with Crippen molar-refractivity contribution in [3.8, 4) is 0 Å². The molecule has 0 fully saturated rings. The number of nitrogens with one attached hydrogen (secondary N) is 1. The summed E-state index contributed by atoms with van der Waals surface area (Å²) in [6.45, 7) is 4.08. The number of rotatable bonds is 4. The lowest BCUT2D eigenvalue weighted by molar-refractivity contribution is 0.152. The number of ether oxygens (including phenoxy) is 1. The van der Waals surface area contributed by atoms with Crippen LogP contribution in [0.15, 0.2) is 35.4 Å². The number of carbonyl (C=O) groups is 1. The van der Waals surface area contributed by atoms with E-state index in [1.54, 1.807) is 6.92 Å². The molecule has 0 aliphatic carbocycles. The van der Waals surface area contributed by atoms with E-state index < -0.39 is 6.09 Å². The number of amides is 1. The van der Waals surface area contributed by atoms with Crippen molar-refractivity contribution in [2.45, 2.75) is 20.3 Å². The fourth-order valence-corrected chi connectivity index (χ4v) is 1.25. The van der Waals surface area contributed by atoms with Gasteiger partial charge in [-0.2, -0.15) is 5.10 Å². The van der Waals surface area contributed by atoms with E-state index >= 15 is 0 Å². The van der Waals surface area contributed by atoms with Crippen LogP contribution < -0.4 is 5.43 Å². The molecule has 0 aliphatic heterocycles. The molecule has 0 radical (unpaired) electrons. The highest BCUT2D eigenvalue weighted by atomic mass is 16.5. The second-order valence-electron chi connectivity index (χ2n) is 3.11. The molecule has 0 saturated carbocycles. The van der Waals surface area contributed by atoms with Gasteiger partial charge in [-0.1, -0.05) is 37.3 Å². The third-order valence-corrected chi connectivity index (χ3v) is 2.00. The zero-order chi connectivity index (χ0) is 11.8. The molecule has 16 heavy (non-hydrogen) atoms. The first-order chi connectivity index (χ1) is 7.77. The van der Waals surface area contributed by atoms with Crippen LogP contribution in [0, 0.1) is 0 Å². The lowest BCUT2D eigenvalue weighted by Crippen LogP contribution is -2.20. The van der Waals surface area contributed by atoms with Crippen molar-refractivity contribution < 1.29 is 9.53 Å². The average Bonchev–Trinajstić information content (AvgIpc) is 2.31. The average molecular weight is 220 g/mol. The van der Waals surface area contributed by atoms with Crippen molar-refractivity contribution in [1.29, 1.82) is 0 Å². The molecule has 0 spiro atoms. The van der Waals surface area contributed by atoms with Crippen LogP contribution in [-0.4, -0.2) is 18.4 Å². The number of hydrogen-bond donors (Lipinski definition) is 1. The van der Waals surface area contributed by atoms with Crippen molar-refractivity contribution in [2.75, 3.05) is 6.61 Å². The number of carbonyl (C=O) groups excluding carboxylic acids is 1. The molecule has 86 valence electrons. The lowest BCUT2D eigenvalue weighted by Gasteiger charge is -2.04. The summed E-state index contributed by atoms with van der Waals surface area (Å²) < 4.78 is 4.72. The van der Waals surface area contributed by atoms with Gasteiger partial charge in [-0.3, -0.25) is 0 Å². The maximum absolute atomic E-state index is 11.1. The second-order valence-corrected chi connectivity index (χ2v) is 3.11. The summed E-state index contributed by atoms with van der Waals surface area (Å²) in [7, 11) is 0. The van der Waals surface area contributed by atoms with Gasteiger partial charge in [-0.25, -0.2) is 10.2 Å². The van der Waals surface area contributed by atoms with Crippen LogP contribution in [0.2, 0.25) is 0 Å². The van der Waals surface area contributed by atoms with Gasteiger partial charge in [-0.15, -0.1) is 0 Å². The Labute approximate surface area is 95.3 Å². The number of hydrogen-bond acceptors (Lipinski definition) is 3. The first-order valence-corrected chi connectivity index (χ1v) is 5.32. The third-order valence-electron chi connectivity index (χ3n) is 2.00. The van der Waals surface area contributed by atoms with Crippen LogP contribution in [0.4, 0.5) is 4.79 Å². The molecule has 1 aromatic carbocycles. The van der Waals surface area contributed by atoms with Crippen LogP contribution in [0.1, 0.15) is 25.8 Å². The van der Waals surface area contributed by atoms with Gasteiger partial charge in [0.1, 0.15) is 0 Å². The van der Waals surface area contributed by atoms with E-state index in [1.807, 2.05) is 37.3 Å². The molecule has 0 atom stereocenters. The minimum atomic E-state index is -0.524. The molecule has 0 saturated heterocycles. The van der Waals surface area contributed by atoms with Gasteiger partial charge < -0.3 is 4.74 Å². The van der Waals surface area contributed by atoms with E-state index in [9.17, 15) is 4.79 Å². The molecule has 0 aromatic heterocycles. The minimum absolute atomic E-state index is 0.341. The molecular weight excluding hydrogens is 204 g/mol. The molecule has 1 N–H and O–H groups in total. The maximum atomic E-state index is 11.1. The molecule has 1 rings (SSSR count). The second kappa shape index (κ2) is 6.61. The summed E-state index contributed by atoms with van der Waals surface area (Å²) in [5, 5.41) is 4.02. The highest BCUT2D eigenvalue weighted by Crippen LogP contribution is 2.03. The Kier molecular flexibility index (Phi) is 5.05. The van der Waals surface area contributed by atoms with Crippen molar-refractivity contribution in [3.05, 3.63) is 35.9 Å². The number of nitrogens with zero attached hydrogens (tertiary/aromatic N) is 1. The van der Waals surface area contributed by atoms with Crippen LogP contribution in [0.25, 0.3) is 0 Å². The van der Waals surface area contributed by atoms with E-state index in [0.717, 1.165) is 17.7 Å². The van der Waals surface area contributed by atoms with Gasteiger partial charge in [0.15, 0.2) is 0 Å². The Balaban J connectivity index is 2.68. The fourth-order valence-electron chi connectivity index (χ4n) is 1.25. The van der Waals surface area contributed by atoms with Crippen molar-refractivity contribution >= 4 is 11.8 Å². The molecule has 0 aliphatic rings. The first kappa shape index (κ1) is 12.2. The van der Waals surface area contributed by atoms with Crippen molar-refractivity contribution in [3.63, 3.8) is 0 Å². The molecule has 0 unspecified atom stereocenters. The largest absolute Gasteiger partial charge is 0.449 e. The predicted molar refractivity (Wildman–Crippen MR) is 63.4 cm³/mol. The molecule has 1 amide bonds. The lowest BCUT2D eigenvalue weighted by atomic mass is 10.1. The van der Waals surface area contributed by atoms with Crippen LogP contribution in [-0.2, 0) is 4.74 Å². The summed E-state index contributed by atoms with van der Waals surface area (Å²) in [4.78, 5) is 11.1. The summed E-state index contributed by atoms with van der Waals surface area (Å²) in [6.07, 6.45) is 0.223. The topological polar surface area (TPSA) is 50.7 Å². The van der Waals surface area contributed by atoms with Gasteiger partial charge in [0.25, 0.3) is 0 Å². The normalized spacial score (nSPS) is 11.0. The van der Waals surface area contributed by atoms with Crippen LogP contribution in [0.3, 0.4) is 0 Å². The molecule has 4 nitrogen and oxygen atoms in total. The fraction of sp³-hybridized carbons (Fsp3) is 0.333. The monoisotopic (exact) mass is 220 g/mol. The smallest absolute Gasteiger partial charge is 0.427 e. The highest BCUT2D eigenvalue weighted by Gasteiger charge is 2.02. The van der Waals surface area contributed by atoms with Gasteiger partial charge in [-0.05, 0) is 18.9 Å². The standard InChI is InChI=1S/C12H16N2O2/c1-3-11(10-8-6-5-7-9-10)13-14-12(15)16-4-2/h5-9H,3-4H2,1-2H3,(H,14,15)/b13-11+. The Morgan fingerprint density at radius 2 is 2.00 bits per heavy atom. The van der Waals surface area contributed by atoms with E-state index in [2.05, 4.69) is 10.5 Å². The molecule has 0 heterocycles. The predicted octanol–water partition coefficient (Wildman–Crippen LogP) is 2.55. The van der Waals surface area contributed by atoms with E-state index in [0.29, 0.717) is 6.61 Å². The van der Waals surface area contributed by atoms with Gasteiger partial charge >= 0.3 is 6.09 Å². The first-order valence-electron chi connectivity index (χ1n) is 5.32. The quantitative estimate of drug-likeness (QED) is 0.626. The van der Waals surface area contributed by atoms with Crippen LogP contribution >= 0.6 is 0 Å². The summed E-state index contributed by atoms with van der Waals surface area (Å²) in [6, 6.07) is 9.72. The van der Waals surface area contributed by atoms with Gasteiger partial charge in [0.05, 0.1) is 12.3 Å². The SMILES string of the molecule is CCOC(=O)N/N=C(\CC)c1ccccc1. The molecule has 0 bridgehead atoms. The van der Waals surface area contributed by atoms with Crippen molar-refractivity contribution in [2.24, 2.45) is 5.10 Å². The molecule has 1 aromatic rings. The van der Waals surface area contributed by atoms with Crippen LogP contribution in [0.5, 0.6) is 0 Å². The summed E-state index contributed by atoms with van der Waals surface area (Å²) in [5.74, 6) is 0. The maximum Gasteiger partial charge on any atom is 0.427 e. The van der Waals surface area contributed by atoms with Gasteiger partial charge in [0, 0.05) is 0 Å². The Bertz CT molecular complexity index is 361. The minimum Gasteiger partial charge on any atom is -0.449 e. The summed E-state index contributed by atoms with van der Waals surface area (Å²) >= 11 is 0. The Hall–Kier alpha value is -1.84. The highest BCUT2D eigenvalue weighted by molar-refractivity contribution is 6.00. The zero-order valence-corrected chi connectivity index (χ0v) is 9.56. The molecular formula is C12H16N2O2. The third kappa shape index (κ3) is 3.73. The van der Waals surface area contributed by atoms with Gasteiger partial charge in [0.2, 0.25) is 0 Å².